The third kappa shape index (κ3) is 3.35. The zero-order chi connectivity index (χ0) is 20.0. The Morgan fingerprint density at radius 2 is 2.17 bits per heavy atom. The highest BCUT2D eigenvalue weighted by Gasteiger charge is 2.44. The van der Waals surface area contributed by atoms with Crippen LogP contribution in [0.2, 0.25) is 0 Å². The number of aromatic nitrogens is 3. The molecule has 2 amide bonds. The number of aliphatic imine (C=N–C) groups is 1. The largest absolute Gasteiger partial charge is 0.356 e. The molecule has 3 N–H and O–H groups in total. The Morgan fingerprint density at radius 1 is 1.38 bits per heavy atom. The molecule has 0 aromatic carbocycles. The van der Waals surface area contributed by atoms with Crippen LogP contribution in [0.3, 0.4) is 0 Å². The number of aromatic amines is 1. The quantitative estimate of drug-likeness (QED) is 0.716. The van der Waals surface area contributed by atoms with Gasteiger partial charge in [-0.05, 0) is 30.7 Å². The maximum Gasteiger partial charge on any atom is 0.323 e. The Kier molecular flexibility index (Phi) is 4.65. The predicted molar refractivity (Wildman–Crippen MR) is 113 cm³/mol. The summed E-state index contributed by atoms with van der Waals surface area (Å²) in [5, 5.41) is 6.78. The summed E-state index contributed by atoms with van der Waals surface area (Å²) in [6, 6.07) is 2.49. The van der Waals surface area contributed by atoms with E-state index in [4.69, 9.17) is 4.99 Å². The minimum Gasteiger partial charge on any atom is -0.356 e. The lowest BCUT2D eigenvalue weighted by molar-refractivity contribution is 0.216. The molecule has 5 rings (SSSR count). The van der Waals surface area contributed by atoms with Crippen LogP contribution in [0, 0.1) is 11.8 Å². The number of carbonyl (C=O) groups is 1. The smallest absolute Gasteiger partial charge is 0.323 e. The first-order valence-corrected chi connectivity index (χ1v) is 11.0. The molecule has 0 radical (unpaired) electrons. The minimum absolute atomic E-state index is 0.0530. The molecule has 1 saturated carbocycles. The monoisotopic (exact) mass is 414 g/mol. The summed E-state index contributed by atoms with van der Waals surface area (Å²) in [5.74, 6) is 3.97. The number of nitrogens with zero attached hydrogens (tertiary/aromatic N) is 5. The Labute approximate surface area is 173 Å². The van der Waals surface area contributed by atoms with E-state index in [9.17, 15) is 4.79 Å². The van der Waals surface area contributed by atoms with Crippen molar-refractivity contribution in [3.63, 3.8) is 0 Å². The zero-order valence-electron chi connectivity index (χ0n) is 16.7. The van der Waals surface area contributed by atoms with E-state index in [1.807, 2.05) is 18.0 Å². The topological polar surface area (TPSA) is 102 Å². The normalized spacial score (nSPS) is 25.2. The first-order chi connectivity index (χ1) is 14.1. The van der Waals surface area contributed by atoms with E-state index < -0.39 is 0 Å². The van der Waals surface area contributed by atoms with Crippen molar-refractivity contribution < 1.29 is 4.79 Å². The fourth-order valence-corrected chi connectivity index (χ4v) is 5.46. The first-order valence-electron chi connectivity index (χ1n) is 10.2. The van der Waals surface area contributed by atoms with Crippen LogP contribution in [0.1, 0.15) is 31.2 Å². The van der Waals surface area contributed by atoms with Crippen LogP contribution in [0.25, 0.3) is 0 Å². The predicted octanol–water partition coefficient (Wildman–Crippen LogP) is 2.43. The maximum absolute atomic E-state index is 12.6. The van der Waals surface area contributed by atoms with Crippen molar-refractivity contribution in [3.8, 4) is 0 Å². The summed E-state index contributed by atoms with van der Waals surface area (Å²) in [4.78, 5) is 29.2. The summed E-state index contributed by atoms with van der Waals surface area (Å²) in [5.41, 5.74) is 1.14. The van der Waals surface area contributed by atoms with Gasteiger partial charge in [-0.15, -0.1) is 0 Å². The molecule has 0 spiro atoms. The number of nitrogens with one attached hydrogen (secondary N) is 3. The van der Waals surface area contributed by atoms with Gasteiger partial charge in [0.1, 0.15) is 24.1 Å². The SMILES string of the molecule is CCc1nsc(NC(=O)N2CC3CC(N(C)C4=NCNc5[nH]ccc54)CC3C2)n1. The van der Waals surface area contributed by atoms with E-state index in [1.54, 1.807) is 0 Å². The van der Waals surface area contributed by atoms with Gasteiger partial charge in [-0.25, -0.2) is 14.8 Å². The summed E-state index contributed by atoms with van der Waals surface area (Å²) in [6.07, 6.45) is 4.92. The van der Waals surface area contributed by atoms with Gasteiger partial charge < -0.3 is 20.1 Å². The first kappa shape index (κ1) is 18.4. The minimum atomic E-state index is -0.0530. The number of fused-ring (bicyclic) bond motifs is 2. The highest BCUT2D eigenvalue weighted by molar-refractivity contribution is 7.09. The second-order valence-corrected chi connectivity index (χ2v) is 8.80. The summed E-state index contributed by atoms with van der Waals surface area (Å²) >= 11 is 1.25. The number of amidine groups is 1. The zero-order valence-corrected chi connectivity index (χ0v) is 17.5. The molecule has 29 heavy (non-hydrogen) atoms. The van der Waals surface area contributed by atoms with Gasteiger partial charge in [-0.1, -0.05) is 6.92 Å². The molecule has 154 valence electrons. The molecule has 2 atom stereocenters. The van der Waals surface area contributed by atoms with Gasteiger partial charge in [0.2, 0.25) is 5.13 Å². The van der Waals surface area contributed by atoms with Crippen LogP contribution in [0.15, 0.2) is 17.3 Å². The number of carbonyl (C=O) groups excluding carboxylic acids is 1. The van der Waals surface area contributed by atoms with Gasteiger partial charge in [0, 0.05) is 50.3 Å². The van der Waals surface area contributed by atoms with Crippen LogP contribution in [-0.4, -0.2) is 68.9 Å². The van der Waals surface area contributed by atoms with Gasteiger partial charge in [0.15, 0.2) is 0 Å². The second-order valence-electron chi connectivity index (χ2n) is 8.04. The van der Waals surface area contributed by atoms with E-state index in [-0.39, 0.29) is 6.03 Å². The van der Waals surface area contributed by atoms with Crippen LogP contribution >= 0.6 is 11.5 Å². The Morgan fingerprint density at radius 3 is 2.90 bits per heavy atom. The molecule has 2 unspecified atom stereocenters. The number of likely N-dealkylation sites (tertiary alicyclic amines) is 1. The molecule has 3 aliphatic rings. The Balaban J connectivity index is 1.19. The van der Waals surface area contributed by atoms with Crippen LogP contribution < -0.4 is 10.6 Å². The number of urea groups is 1. The number of rotatable bonds is 3. The number of aryl methyl sites for hydroxylation is 1. The van der Waals surface area contributed by atoms with Crippen LogP contribution in [0.5, 0.6) is 0 Å². The molecule has 2 aromatic rings. The molecular formula is C19H26N8OS. The fraction of sp³-hybridized carbons (Fsp3) is 0.579. The highest BCUT2D eigenvalue weighted by Crippen LogP contribution is 2.40. The van der Waals surface area contributed by atoms with Crippen molar-refractivity contribution in [2.75, 3.05) is 37.4 Å². The van der Waals surface area contributed by atoms with Gasteiger partial charge in [0.25, 0.3) is 0 Å². The van der Waals surface area contributed by atoms with Crippen LogP contribution in [-0.2, 0) is 6.42 Å². The van der Waals surface area contributed by atoms with Gasteiger partial charge >= 0.3 is 6.03 Å². The third-order valence-corrected chi connectivity index (χ3v) is 7.03. The molecule has 0 bridgehead atoms. The van der Waals surface area contributed by atoms with E-state index in [0.717, 1.165) is 55.4 Å². The van der Waals surface area contributed by atoms with E-state index >= 15 is 0 Å². The maximum atomic E-state index is 12.6. The van der Waals surface area contributed by atoms with Crippen molar-refractivity contribution in [3.05, 3.63) is 23.7 Å². The molecule has 1 saturated heterocycles. The molecule has 4 heterocycles. The number of H-pyrrole nitrogens is 1. The molecule has 1 aliphatic carbocycles. The van der Waals surface area contributed by atoms with Gasteiger partial charge in [-0.2, -0.15) is 4.37 Å². The molecule has 2 aromatic heterocycles. The van der Waals surface area contributed by atoms with Crippen molar-refractivity contribution in [1.82, 2.24) is 24.1 Å². The molecule has 2 fully saturated rings. The van der Waals surface area contributed by atoms with E-state index in [0.29, 0.717) is 29.7 Å². The number of hydrogen-bond acceptors (Lipinski definition) is 7. The average molecular weight is 415 g/mol. The average Bonchev–Trinajstić information content (AvgIpc) is 3.48. The third-order valence-electron chi connectivity index (χ3n) is 6.37. The fourth-order valence-electron chi connectivity index (χ4n) is 4.82. The van der Waals surface area contributed by atoms with Crippen molar-refractivity contribution in [2.45, 2.75) is 32.2 Å². The Bertz CT molecular complexity index is 922. The molecule has 9 nitrogen and oxygen atoms in total. The standard InChI is InChI=1S/C19H26N8OS/c1-3-15-23-18(29-25-15)24-19(28)27-8-11-6-13(7-12(11)9-27)26(2)17-14-4-5-20-16(14)21-10-22-17/h4-5,11-13,20-21H,3,6-10H2,1-2H3,(H,23,24,25,28). The molecular weight excluding hydrogens is 388 g/mol. The van der Waals surface area contributed by atoms with Crippen molar-refractivity contribution in [1.29, 1.82) is 0 Å². The summed E-state index contributed by atoms with van der Waals surface area (Å²) in [6.45, 7) is 4.23. The summed E-state index contributed by atoms with van der Waals surface area (Å²) in [7, 11) is 2.15. The number of anilines is 2. The number of hydrogen-bond donors (Lipinski definition) is 3. The molecule has 10 heteroatoms. The van der Waals surface area contributed by atoms with Crippen LogP contribution in [0.4, 0.5) is 15.7 Å². The lowest BCUT2D eigenvalue weighted by atomic mass is 10.0. The highest BCUT2D eigenvalue weighted by atomic mass is 32.1. The Hall–Kier alpha value is -2.62. The molecule has 2 aliphatic heterocycles. The summed E-state index contributed by atoms with van der Waals surface area (Å²) < 4.78 is 4.23. The van der Waals surface area contributed by atoms with Gasteiger partial charge in [-0.3, -0.25) is 5.32 Å². The lowest BCUT2D eigenvalue weighted by Gasteiger charge is -2.31. The lowest BCUT2D eigenvalue weighted by Crippen LogP contribution is -2.40. The number of amides is 2. The van der Waals surface area contributed by atoms with Crippen molar-refractivity contribution >= 4 is 34.3 Å². The second kappa shape index (κ2) is 7.33. The van der Waals surface area contributed by atoms with E-state index in [2.05, 4.69) is 43.0 Å². The van der Waals surface area contributed by atoms with Crippen molar-refractivity contribution in [2.24, 2.45) is 16.8 Å². The van der Waals surface area contributed by atoms with Gasteiger partial charge in [0.05, 0.1) is 5.56 Å². The van der Waals surface area contributed by atoms with E-state index in [1.165, 1.54) is 11.5 Å².